The summed E-state index contributed by atoms with van der Waals surface area (Å²) < 4.78 is 7.21. The highest BCUT2D eigenvalue weighted by Gasteiger charge is 2.08. The summed E-state index contributed by atoms with van der Waals surface area (Å²) in [6.07, 6.45) is 5.02. The molecule has 0 spiro atoms. The van der Waals surface area contributed by atoms with E-state index in [1.54, 1.807) is 30.5 Å². The molecule has 18 heavy (non-hydrogen) atoms. The van der Waals surface area contributed by atoms with Crippen LogP contribution < -0.4 is 10.1 Å². The Morgan fingerprint density at radius 2 is 2.28 bits per heavy atom. The summed E-state index contributed by atoms with van der Waals surface area (Å²) in [6.45, 7) is 4.92. The lowest BCUT2D eigenvalue weighted by molar-refractivity contribution is 0.428. The predicted octanol–water partition coefficient (Wildman–Crippen LogP) is 1.50. The fourth-order valence-corrected chi connectivity index (χ4v) is 1.43. The van der Waals surface area contributed by atoms with Crippen LogP contribution >= 0.6 is 0 Å². The molecule has 0 saturated heterocycles. The number of aromatic nitrogens is 4. The molecule has 0 atom stereocenters. The molecule has 6 nitrogen and oxygen atoms in total. The number of rotatable bonds is 5. The number of nitrogens with zero attached hydrogens (tertiary/aromatic N) is 4. The maximum Gasteiger partial charge on any atom is 0.341 e. The zero-order valence-electron chi connectivity index (χ0n) is 10.8. The van der Waals surface area contributed by atoms with Crippen molar-refractivity contribution in [2.45, 2.75) is 26.4 Å². The number of nitrogens with one attached hydrogen (secondary N) is 1. The number of aryl methyl sites for hydroxylation is 1. The van der Waals surface area contributed by atoms with Gasteiger partial charge in [-0.2, -0.15) is 4.98 Å². The van der Waals surface area contributed by atoms with E-state index in [4.69, 9.17) is 4.74 Å². The van der Waals surface area contributed by atoms with Crippen LogP contribution in [0.5, 0.6) is 11.8 Å². The van der Waals surface area contributed by atoms with Gasteiger partial charge < -0.3 is 10.1 Å². The largest absolute Gasteiger partial charge is 0.421 e. The number of pyridine rings is 1. The quantitative estimate of drug-likeness (QED) is 0.867. The Hall–Kier alpha value is -1.95. The van der Waals surface area contributed by atoms with Gasteiger partial charge in [0.1, 0.15) is 6.33 Å². The fraction of sp³-hybridized carbons (Fsp3) is 0.417. The first-order valence-electron chi connectivity index (χ1n) is 5.85. The normalized spacial score (nSPS) is 10.9. The van der Waals surface area contributed by atoms with Crippen LogP contribution in [0.15, 0.2) is 24.8 Å². The second kappa shape index (κ2) is 5.59. The summed E-state index contributed by atoms with van der Waals surface area (Å²) in [5.74, 6) is 0.678. The summed E-state index contributed by atoms with van der Waals surface area (Å²) in [5.41, 5.74) is 1.03. The second-order valence-corrected chi connectivity index (χ2v) is 4.32. The maximum atomic E-state index is 5.62. The molecule has 0 aliphatic rings. The standard InChI is InChI=1S/C12H17N5O/c1-9(2)14-6-10-4-5-13-7-11(10)18-12-15-8-17(3)16-12/h4-5,7-9,14H,6H2,1-3H3. The molecular formula is C12H17N5O. The molecule has 0 saturated carbocycles. The Balaban J connectivity index is 2.11. The van der Waals surface area contributed by atoms with Crippen LogP contribution in [-0.4, -0.2) is 25.8 Å². The van der Waals surface area contributed by atoms with Crippen LogP contribution in [0.2, 0.25) is 0 Å². The Kier molecular flexibility index (Phi) is 3.88. The molecule has 6 heteroatoms. The van der Waals surface area contributed by atoms with Gasteiger partial charge in [-0.25, -0.2) is 0 Å². The monoisotopic (exact) mass is 247 g/mol. The minimum atomic E-state index is 0.330. The molecule has 0 aromatic carbocycles. The second-order valence-electron chi connectivity index (χ2n) is 4.32. The summed E-state index contributed by atoms with van der Waals surface area (Å²) in [5, 5.41) is 7.42. The van der Waals surface area contributed by atoms with E-state index in [9.17, 15) is 0 Å². The molecule has 2 aromatic heterocycles. The highest BCUT2D eigenvalue weighted by Crippen LogP contribution is 2.21. The van der Waals surface area contributed by atoms with Crippen molar-refractivity contribution in [1.82, 2.24) is 25.1 Å². The highest BCUT2D eigenvalue weighted by molar-refractivity contribution is 5.31. The molecule has 2 heterocycles. The average molecular weight is 247 g/mol. The van der Waals surface area contributed by atoms with Crippen molar-refractivity contribution < 1.29 is 4.74 Å². The van der Waals surface area contributed by atoms with E-state index in [0.717, 1.165) is 12.1 Å². The van der Waals surface area contributed by atoms with E-state index < -0.39 is 0 Å². The molecular weight excluding hydrogens is 230 g/mol. The topological polar surface area (TPSA) is 64.9 Å². The molecule has 1 N–H and O–H groups in total. The average Bonchev–Trinajstić information content (AvgIpc) is 2.73. The first-order valence-corrected chi connectivity index (χ1v) is 5.85. The van der Waals surface area contributed by atoms with E-state index in [-0.39, 0.29) is 0 Å². The summed E-state index contributed by atoms with van der Waals surface area (Å²) in [7, 11) is 1.80. The first-order chi connectivity index (χ1) is 8.65. The van der Waals surface area contributed by atoms with Crippen molar-refractivity contribution in [2.75, 3.05) is 0 Å². The van der Waals surface area contributed by atoms with Gasteiger partial charge in [0.05, 0.1) is 6.20 Å². The van der Waals surface area contributed by atoms with E-state index in [2.05, 4.69) is 34.2 Å². The van der Waals surface area contributed by atoms with Crippen LogP contribution in [0.1, 0.15) is 19.4 Å². The van der Waals surface area contributed by atoms with Crippen molar-refractivity contribution >= 4 is 0 Å². The predicted molar refractivity (Wildman–Crippen MR) is 67.3 cm³/mol. The zero-order valence-corrected chi connectivity index (χ0v) is 10.8. The van der Waals surface area contributed by atoms with Gasteiger partial charge in [-0.05, 0) is 6.07 Å². The van der Waals surface area contributed by atoms with E-state index in [0.29, 0.717) is 17.8 Å². The van der Waals surface area contributed by atoms with Gasteiger partial charge in [-0.3, -0.25) is 9.67 Å². The third-order valence-electron chi connectivity index (χ3n) is 2.35. The van der Waals surface area contributed by atoms with Gasteiger partial charge in [-0.15, -0.1) is 5.10 Å². The SMILES string of the molecule is CC(C)NCc1ccncc1Oc1ncn(C)n1. The van der Waals surface area contributed by atoms with Crippen LogP contribution in [0.25, 0.3) is 0 Å². The number of hydrogen-bond donors (Lipinski definition) is 1. The molecule has 0 unspecified atom stereocenters. The molecule has 0 aliphatic heterocycles. The Labute approximate surface area is 106 Å². The van der Waals surface area contributed by atoms with Gasteiger partial charge in [-0.1, -0.05) is 13.8 Å². The van der Waals surface area contributed by atoms with E-state index >= 15 is 0 Å². The first kappa shape index (κ1) is 12.5. The molecule has 96 valence electrons. The minimum absolute atomic E-state index is 0.330. The van der Waals surface area contributed by atoms with Crippen molar-refractivity contribution in [1.29, 1.82) is 0 Å². The third kappa shape index (κ3) is 3.27. The Morgan fingerprint density at radius 3 is 2.94 bits per heavy atom. The lowest BCUT2D eigenvalue weighted by Crippen LogP contribution is -2.22. The summed E-state index contributed by atoms with van der Waals surface area (Å²) in [4.78, 5) is 8.09. The van der Waals surface area contributed by atoms with Gasteiger partial charge in [0.25, 0.3) is 0 Å². The lowest BCUT2D eigenvalue weighted by Gasteiger charge is -2.11. The Morgan fingerprint density at radius 1 is 1.44 bits per heavy atom. The van der Waals surface area contributed by atoms with Gasteiger partial charge in [0.2, 0.25) is 0 Å². The summed E-state index contributed by atoms with van der Waals surface area (Å²) >= 11 is 0. The van der Waals surface area contributed by atoms with Crippen molar-refractivity contribution in [2.24, 2.45) is 7.05 Å². The van der Waals surface area contributed by atoms with E-state index in [1.165, 1.54) is 0 Å². The molecule has 0 amide bonds. The zero-order chi connectivity index (χ0) is 13.0. The van der Waals surface area contributed by atoms with Crippen LogP contribution in [0, 0.1) is 0 Å². The highest BCUT2D eigenvalue weighted by atomic mass is 16.5. The van der Waals surface area contributed by atoms with Crippen LogP contribution in [0.4, 0.5) is 0 Å². The third-order valence-corrected chi connectivity index (χ3v) is 2.35. The fourth-order valence-electron chi connectivity index (χ4n) is 1.43. The molecule has 0 fully saturated rings. The van der Waals surface area contributed by atoms with Gasteiger partial charge >= 0.3 is 6.01 Å². The van der Waals surface area contributed by atoms with Crippen molar-refractivity contribution in [3.05, 3.63) is 30.4 Å². The van der Waals surface area contributed by atoms with Gasteiger partial charge in [0.15, 0.2) is 5.75 Å². The molecule has 0 bridgehead atoms. The molecule has 0 aliphatic carbocycles. The smallest absolute Gasteiger partial charge is 0.341 e. The van der Waals surface area contributed by atoms with E-state index in [1.807, 2.05) is 6.07 Å². The summed E-state index contributed by atoms with van der Waals surface area (Å²) in [6, 6.07) is 2.67. The number of ether oxygens (including phenoxy) is 1. The van der Waals surface area contributed by atoms with Crippen LogP contribution in [-0.2, 0) is 13.6 Å². The molecule has 0 radical (unpaired) electrons. The molecule has 2 aromatic rings. The van der Waals surface area contributed by atoms with Gasteiger partial charge in [0, 0.05) is 31.4 Å². The lowest BCUT2D eigenvalue weighted by atomic mass is 10.2. The minimum Gasteiger partial charge on any atom is -0.421 e. The Bertz CT molecular complexity index is 509. The van der Waals surface area contributed by atoms with Crippen molar-refractivity contribution in [3.8, 4) is 11.8 Å². The van der Waals surface area contributed by atoms with Crippen molar-refractivity contribution in [3.63, 3.8) is 0 Å². The molecule has 2 rings (SSSR count). The number of hydrogen-bond acceptors (Lipinski definition) is 5. The van der Waals surface area contributed by atoms with Crippen LogP contribution in [0.3, 0.4) is 0 Å². The maximum absolute atomic E-state index is 5.62.